The molecule has 5 N–H and O–H groups in total. The zero-order valence-corrected chi connectivity index (χ0v) is 49.8. The van der Waals surface area contributed by atoms with Gasteiger partial charge in [0, 0.05) is 28.3 Å². The average Bonchev–Trinajstić information content (AvgIpc) is 3.87. The zero-order chi connectivity index (χ0) is 60.6. The Bertz CT molecular complexity index is 2930. The van der Waals surface area contributed by atoms with Crippen molar-refractivity contribution in [3.8, 4) is 34.4 Å². The Morgan fingerprint density at radius 3 is 1.85 bits per heavy atom. The number of hydrogen-bond donors (Lipinski definition) is 4. The van der Waals surface area contributed by atoms with Crippen molar-refractivity contribution >= 4 is 70.7 Å². The SMILES string of the molecule is [C-]#[N+]c1c(N)nc(SCc2coc(-c3ccc(Cl)cc3)n2)c(C#N)c1-c1ccc(OC[C@@H](COC(=O)[C@H](C)CC(=O)[C@H](COC(C)(C)C)NC(=O)OC(C)(C)C)OC(=O)[C@H](C)NC(=O)[C@H](COC(C)(C)C)NC(=O)OC(C)(C)C)cc1. The fourth-order valence-electron chi connectivity index (χ4n) is 6.89. The molecule has 0 aliphatic rings. The summed E-state index contributed by atoms with van der Waals surface area (Å²) in [5.74, 6) is -3.56. The summed E-state index contributed by atoms with van der Waals surface area (Å²) in [5.41, 5.74) is 5.11. The Morgan fingerprint density at radius 1 is 0.753 bits per heavy atom. The van der Waals surface area contributed by atoms with Crippen molar-refractivity contribution in [1.29, 1.82) is 5.26 Å². The molecule has 0 unspecified atom stereocenters. The van der Waals surface area contributed by atoms with Crippen LogP contribution in [0.25, 0.3) is 27.4 Å². The van der Waals surface area contributed by atoms with Crippen molar-refractivity contribution in [1.82, 2.24) is 25.9 Å². The molecule has 0 fully saturated rings. The van der Waals surface area contributed by atoms with Gasteiger partial charge < -0.3 is 59.3 Å². The molecule has 0 saturated carbocycles. The predicted octanol–water partition coefficient (Wildman–Crippen LogP) is 9.70. The number of hydrogen-bond acceptors (Lipinski definition) is 19. The first kappa shape index (κ1) is 66.1. The van der Waals surface area contributed by atoms with E-state index in [9.17, 15) is 34.0 Å². The quantitative estimate of drug-likeness (QED) is 0.0220. The number of aromatic nitrogens is 2. The van der Waals surface area contributed by atoms with Crippen molar-refractivity contribution in [2.24, 2.45) is 5.92 Å². The number of nitrogens with one attached hydrogen (secondary N) is 3. The van der Waals surface area contributed by atoms with E-state index in [0.717, 1.165) is 0 Å². The van der Waals surface area contributed by atoms with E-state index in [-0.39, 0.29) is 58.8 Å². The number of nitrogens with two attached hydrogens (primary N) is 1. The molecule has 24 heteroatoms. The van der Waals surface area contributed by atoms with Crippen LogP contribution in [0.3, 0.4) is 0 Å². The number of benzene rings is 2. The Labute approximate surface area is 482 Å². The van der Waals surface area contributed by atoms with Gasteiger partial charge in [0.2, 0.25) is 17.5 Å². The molecule has 81 heavy (non-hydrogen) atoms. The van der Waals surface area contributed by atoms with Crippen LogP contribution in [-0.4, -0.2) is 119 Å². The first-order valence-corrected chi connectivity index (χ1v) is 27.1. The molecule has 4 rings (SSSR count). The van der Waals surface area contributed by atoms with E-state index in [2.05, 4.69) is 36.8 Å². The monoisotopic (exact) mass is 1160 g/mol. The summed E-state index contributed by atoms with van der Waals surface area (Å²) in [4.78, 5) is 92.6. The minimum absolute atomic E-state index is 0.0521. The van der Waals surface area contributed by atoms with E-state index >= 15 is 0 Å². The number of nitrogens with zero attached hydrogens (tertiary/aromatic N) is 4. The van der Waals surface area contributed by atoms with E-state index < -0.39 is 102 Å². The number of esters is 2. The smallest absolute Gasteiger partial charge is 0.408 e. The Morgan fingerprint density at radius 2 is 1.31 bits per heavy atom. The van der Waals surface area contributed by atoms with Gasteiger partial charge >= 0.3 is 24.1 Å². The number of ether oxygens (including phenoxy) is 7. The molecule has 22 nitrogen and oxygen atoms in total. The maximum atomic E-state index is 13.8. The van der Waals surface area contributed by atoms with Gasteiger partial charge in [0.05, 0.1) is 48.2 Å². The first-order valence-electron chi connectivity index (χ1n) is 25.8. The van der Waals surface area contributed by atoms with Gasteiger partial charge in [-0.3, -0.25) is 14.4 Å². The van der Waals surface area contributed by atoms with Gasteiger partial charge in [0.25, 0.3) is 0 Å². The molecule has 0 aliphatic carbocycles. The number of ketones is 1. The van der Waals surface area contributed by atoms with Crippen LogP contribution in [-0.2, 0) is 53.4 Å². The minimum atomic E-state index is -1.35. The fraction of sp³-hybridized carbons (Fsp3) is 0.509. The van der Waals surface area contributed by atoms with Crippen LogP contribution in [0.15, 0.2) is 64.2 Å². The minimum Gasteiger partial charge on any atom is -0.490 e. The summed E-state index contributed by atoms with van der Waals surface area (Å²) < 4.78 is 45.4. The molecule has 4 aromatic rings. The predicted molar refractivity (Wildman–Crippen MR) is 302 cm³/mol. The van der Waals surface area contributed by atoms with Gasteiger partial charge in [-0.05, 0) is 132 Å². The van der Waals surface area contributed by atoms with Crippen molar-refractivity contribution in [3.05, 3.63) is 82.5 Å². The molecule has 2 aromatic heterocycles. The summed E-state index contributed by atoms with van der Waals surface area (Å²) in [7, 11) is 0. The van der Waals surface area contributed by atoms with Crippen LogP contribution >= 0.6 is 23.4 Å². The van der Waals surface area contributed by atoms with E-state index in [1.54, 1.807) is 119 Å². The molecule has 0 spiro atoms. The van der Waals surface area contributed by atoms with E-state index in [0.29, 0.717) is 27.7 Å². The molecular formula is C57H73ClN8O14S. The third-order valence-electron chi connectivity index (χ3n) is 10.7. The average molecular weight is 1160 g/mol. The third kappa shape index (κ3) is 22.6. The van der Waals surface area contributed by atoms with Crippen LogP contribution in [0, 0.1) is 23.8 Å². The lowest BCUT2D eigenvalue weighted by molar-refractivity contribution is -0.164. The summed E-state index contributed by atoms with van der Waals surface area (Å²) in [6.45, 7) is 29.8. The number of nitrogen functional groups attached to an aromatic ring is 1. The summed E-state index contributed by atoms with van der Waals surface area (Å²) in [5, 5.41) is 18.8. The molecule has 438 valence electrons. The van der Waals surface area contributed by atoms with Crippen LogP contribution in [0.2, 0.25) is 5.02 Å². The molecule has 0 radical (unpaired) electrons. The number of halogens is 1. The molecule has 0 bridgehead atoms. The number of oxazole rings is 1. The van der Waals surface area contributed by atoms with Gasteiger partial charge in [0.15, 0.2) is 11.9 Å². The van der Waals surface area contributed by atoms with E-state index in [1.807, 2.05) is 0 Å². The normalized spacial score (nSPS) is 13.6. The van der Waals surface area contributed by atoms with Crippen LogP contribution in [0.1, 0.15) is 115 Å². The topological polar surface area (TPSA) is 296 Å². The molecular weight excluding hydrogens is 1090 g/mol. The van der Waals surface area contributed by atoms with Crippen molar-refractivity contribution in [2.75, 3.05) is 32.2 Å². The molecule has 5 atom stereocenters. The Kier molecular flexibility index (Phi) is 23.5. The highest BCUT2D eigenvalue weighted by molar-refractivity contribution is 7.98. The maximum Gasteiger partial charge on any atom is 0.408 e. The van der Waals surface area contributed by atoms with E-state index in [1.165, 1.54) is 44.0 Å². The largest absolute Gasteiger partial charge is 0.490 e. The van der Waals surface area contributed by atoms with Gasteiger partial charge in [-0.25, -0.2) is 29.2 Å². The van der Waals surface area contributed by atoms with Crippen molar-refractivity contribution in [3.63, 3.8) is 0 Å². The van der Waals surface area contributed by atoms with Crippen LogP contribution in [0.4, 0.5) is 21.1 Å². The number of alkyl carbamates (subject to hydrolysis) is 2. The lowest BCUT2D eigenvalue weighted by Crippen LogP contribution is -2.54. The molecule has 2 aromatic carbocycles. The second-order valence-electron chi connectivity index (χ2n) is 22.6. The fourth-order valence-corrected chi connectivity index (χ4v) is 7.88. The van der Waals surface area contributed by atoms with Crippen LogP contribution < -0.4 is 26.4 Å². The third-order valence-corrected chi connectivity index (χ3v) is 12.0. The number of thioether (sulfide) groups is 1. The lowest BCUT2D eigenvalue weighted by Gasteiger charge is -2.27. The number of carbonyl (C=O) groups excluding carboxylic acids is 6. The number of Topliss-reactive ketones (excluding diaryl/α,β-unsaturated/α-hetero) is 1. The summed E-state index contributed by atoms with van der Waals surface area (Å²) >= 11 is 7.21. The van der Waals surface area contributed by atoms with Gasteiger partial charge in [-0.2, -0.15) is 5.26 Å². The lowest BCUT2D eigenvalue weighted by atomic mass is 10.00. The molecule has 3 amide bonds. The summed E-state index contributed by atoms with van der Waals surface area (Å²) in [6, 6.07) is 11.5. The second kappa shape index (κ2) is 28.8. The second-order valence-corrected chi connectivity index (χ2v) is 24.0. The maximum absolute atomic E-state index is 13.8. The highest BCUT2D eigenvalue weighted by atomic mass is 35.5. The Hall–Kier alpha value is -7.44. The molecule has 2 heterocycles. The Balaban J connectivity index is 1.57. The number of rotatable bonds is 24. The highest BCUT2D eigenvalue weighted by Crippen LogP contribution is 2.42. The highest BCUT2D eigenvalue weighted by Gasteiger charge is 2.33. The zero-order valence-electron chi connectivity index (χ0n) is 48.2. The van der Waals surface area contributed by atoms with Crippen LogP contribution in [0.5, 0.6) is 5.75 Å². The molecule has 0 aliphatic heterocycles. The first-order chi connectivity index (χ1) is 37.6. The van der Waals surface area contributed by atoms with E-state index in [4.69, 9.17) is 61.5 Å². The number of carbonyl (C=O) groups is 6. The van der Waals surface area contributed by atoms with Gasteiger partial charge in [0.1, 0.15) is 71.5 Å². The standard InChI is InChI=1S/C57H73ClN8O14S/c1-32(24-43(67)41(29-76-54(3,4)5)64-52(71)79-56(9,10)11)50(69)75-28-39(78-51(70)33(2)62-47(68)42(30-77-55(6,7)8)65-53(72)80-57(12,13)14)27-73-38-22-18-34(19-23-38)44-40(25-59)49(66-46(60)45(44)61-15)81-31-37-26-74-48(63-37)35-16-20-36(58)21-17-35/h16-23,26,32-33,39,41-42H,24,27-31H2,1-14H3,(H2,60,66)(H,62,68)(H,64,71)(H,65,72)/t32-,33+,39+,41+,42+/m1/s1. The van der Waals surface area contributed by atoms with Crippen molar-refractivity contribution in [2.45, 2.75) is 161 Å². The summed E-state index contributed by atoms with van der Waals surface area (Å²) in [6.07, 6.45) is -2.00. The van der Waals surface area contributed by atoms with Crippen molar-refractivity contribution < 1.29 is 66.3 Å². The number of anilines is 1. The number of nitriles is 1. The molecule has 0 saturated heterocycles. The number of pyridine rings is 1. The van der Waals surface area contributed by atoms with Gasteiger partial charge in [-0.1, -0.05) is 42.4 Å². The number of amides is 3. The van der Waals surface area contributed by atoms with Gasteiger partial charge in [-0.15, -0.1) is 0 Å².